The highest BCUT2D eigenvalue weighted by Crippen LogP contribution is 2.53. The number of hydrogen-bond donors (Lipinski definition) is 7. The van der Waals surface area contributed by atoms with Crippen molar-refractivity contribution in [3.63, 3.8) is 0 Å². The summed E-state index contributed by atoms with van der Waals surface area (Å²) in [7, 11) is 0. The van der Waals surface area contributed by atoms with Crippen LogP contribution in [0.4, 0.5) is 0 Å². The quantitative estimate of drug-likeness (QED) is 0.101. The van der Waals surface area contributed by atoms with E-state index < -0.39 is 130 Å². The maximum atomic E-state index is 13.0. The second kappa shape index (κ2) is 14.7. The maximum Gasteiger partial charge on any atom is 0.332 e. The number of carboxylic acids is 7. The summed E-state index contributed by atoms with van der Waals surface area (Å²) < 4.78 is 0. The van der Waals surface area contributed by atoms with Gasteiger partial charge in [0.15, 0.2) is 0 Å². The van der Waals surface area contributed by atoms with Crippen LogP contribution in [0.5, 0.6) is 0 Å². The molecule has 42 heavy (non-hydrogen) atoms. The molecular weight excluding hydrogens is 560 g/mol. The highest BCUT2D eigenvalue weighted by molar-refractivity contribution is 5.96. The molecule has 14 heteroatoms. The van der Waals surface area contributed by atoms with Crippen LogP contribution in [0.15, 0.2) is 84.1 Å². The van der Waals surface area contributed by atoms with Crippen molar-refractivity contribution in [2.75, 3.05) is 0 Å². The number of hydrogen-bond acceptors (Lipinski definition) is 7. The smallest absolute Gasteiger partial charge is 0.332 e. The van der Waals surface area contributed by atoms with Gasteiger partial charge in [-0.1, -0.05) is 39.5 Å². The van der Waals surface area contributed by atoms with Crippen molar-refractivity contribution in [3.8, 4) is 0 Å². The van der Waals surface area contributed by atoms with Gasteiger partial charge >= 0.3 is 41.8 Å². The van der Waals surface area contributed by atoms with Crippen molar-refractivity contribution in [1.29, 1.82) is 0 Å². The predicted molar refractivity (Wildman–Crippen MR) is 144 cm³/mol. The van der Waals surface area contributed by atoms with Crippen molar-refractivity contribution in [2.24, 2.45) is 11.3 Å². The molecule has 0 saturated heterocycles. The van der Waals surface area contributed by atoms with Crippen molar-refractivity contribution in [1.82, 2.24) is 0 Å². The van der Waals surface area contributed by atoms with Crippen LogP contribution in [-0.2, 0) is 33.6 Å². The molecule has 0 saturated carbocycles. The van der Waals surface area contributed by atoms with Crippen LogP contribution < -0.4 is 0 Å². The Balaban J connectivity index is 8.59. The Bertz CT molecular complexity index is 1300. The molecule has 0 aliphatic carbocycles. The lowest BCUT2D eigenvalue weighted by Gasteiger charge is -2.43. The first-order valence-electron chi connectivity index (χ1n) is 11.5. The average Bonchev–Trinajstić information content (AvgIpc) is 2.85. The van der Waals surface area contributed by atoms with Crippen LogP contribution in [0.2, 0.25) is 0 Å². The molecule has 1 unspecified atom stereocenters. The minimum atomic E-state index is -2.60. The molecule has 226 valence electrons. The zero-order valence-electron chi connectivity index (χ0n) is 22.3. The molecule has 0 aliphatic rings. The van der Waals surface area contributed by atoms with Crippen molar-refractivity contribution >= 4 is 41.8 Å². The van der Waals surface area contributed by atoms with E-state index >= 15 is 0 Å². The fraction of sp³-hybridized carbons (Fsp3) is 0.250. The average molecular weight is 591 g/mol. The Labute approximate surface area is 238 Å². The molecule has 0 rings (SSSR count). The largest absolute Gasteiger partial charge is 0.478 e. The van der Waals surface area contributed by atoms with Crippen molar-refractivity contribution in [2.45, 2.75) is 32.1 Å². The summed E-state index contributed by atoms with van der Waals surface area (Å²) in [6.45, 7) is 20.0. The molecule has 0 aromatic heterocycles. The van der Waals surface area contributed by atoms with Gasteiger partial charge in [0.25, 0.3) is 0 Å². The fourth-order valence-electron chi connectivity index (χ4n) is 4.33. The lowest BCUT2D eigenvalue weighted by Crippen LogP contribution is -2.42. The monoisotopic (exact) mass is 590 g/mol. The minimum Gasteiger partial charge on any atom is -0.478 e. The van der Waals surface area contributed by atoms with E-state index in [2.05, 4.69) is 39.5 Å². The second-order valence-corrected chi connectivity index (χ2v) is 9.28. The zero-order valence-corrected chi connectivity index (χ0v) is 22.3. The Morgan fingerprint density at radius 2 is 0.810 bits per heavy atom. The van der Waals surface area contributed by atoms with Gasteiger partial charge in [-0.3, -0.25) is 0 Å². The molecule has 0 spiro atoms. The van der Waals surface area contributed by atoms with E-state index in [1.54, 1.807) is 0 Å². The third-order valence-electron chi connectivity index (χ3n) is 6.30. The summed E-state index contributed by atoms with van der Waals surface area (Å²) in [6, 6.07) is 0. The summed E-state index contributed by atoms with van der Waals surface area (Å²) in [6.07, 6.45) is -4.85. The summed E-state index contributed by atoms with van der Waals surface area (Å²) >= 11 is 0. The first-order valence-corrected chi connectivity index (χ1v) is 11.5. The topological polar surface area (TPSA) is 261 Å². The van der Waals surface area contributed by atoms with E-state index in [9.17, 15) is 69.3 Å². The third kappa shape index (κ3) is 9.29. The molecule has 0 radical (unpaired) electrons. The summed E-state index contributed by atoms with van der Waals surface area (Å²) in [5.74, 6) is -14.2. The van der Waals surface area contributed by atoms with Crippen LogP contribution in [0.1, 0.15) is 32.1 Å². The van der Waals surface area contributed by atoms with E-state index in [1.807, 2.05) is 0 Å². The molecule has 0 amide bonds. The molecule has 0 fully saturated rings. The lowest BCUT2D eigenvalue weighted by molar-refractivity contribution is -0.138. The molecule has 1 atom stereocenters. The van der Waals surface area contributed by atoms with Gasteiger partial charge in [-0.2, -0.15) is 0 Å². The Hall–Kier alpha value is -5.53. The molecule has 0 aromatic carbocycles. The van der Waals surface area contributed by atoms with Gasteiger partial charge in [0.1, 0.15) is 0 Å². The molecule has 0 aliphatic heterocycles. The highest BCUT2D eigenvalue weighted by atomic mass is 16.4. The summed E-state index contributed by atoms with van der Waals surface area (Å²) in [4.78, 5) is 84.0. The Morgan fingerprint density at radius 1 is 0.476 bits per heavy atom. The molecule has 14 nitrogen and oxygen atoms in total. The summed E-state index contributed by atoms with van der Waals surface area (Å²) in [5, 5.41) is 68.0. The molecule has 0 heterocycles. The van der Waals surface area contributed by atoms with Crippen LogP contribution in [0.25, 0.3) is 0 Å². The van der Waals surface area contributed by atoms with Gasteiger partial charge in [-0.25, -0.2) is 33.6 Å². The summed E-state index contributed by atoms with van der Waals surface area (Å²) in [5.41, 5.74) is -8.80. The molecule has 0 bridgehead atoms. The van der Waals surface area contributed by atoms with E-state index in [0.717, 1.165) is 0 Å². The highest BCUT2D eigenvalue weighted by Gasteiger charge is 2.50. The van der Waals surface area contributed by atoms with E-state index in [0.29, 0.717) is 0 Å². The van der Waals surface area contributed by atoms with Crippen LogP contribution in [-0.4, -0.2) is 77.5 Å². The standard InChI is InChI=1S/C28H30O14/c1-12(21(29)30)7-18(8-13(2)22(31)32)20(27(41)42)28(10-15(4)24(35)36,11-16(5)25(37)38)19(17(6)26(39)40)9-14(3)23(33)34/h19H,1-11H2,(H,29,30)(H,31,32)(H,33,34)(H,35,36)(H,37,38)(H,39,40)(H,41,42). The minimum absolute atomic E-state index is 0.581. The predicted octanol–water partition coefficient (Wildman–Crippen LogP) is 2.77. The molecule has 7 N–H and O–H groups in total. The van der Waals surface area contributed by atoms with Crippen molar-refractivity contribution in [3.05, 3.63) is 84.1 Å². The van der Waals surface area contributed by atoms with Gasteiger partial charge in [0.2, 0.25) is 0 Å². The molecule has 0 aromatic rings. The van der Waals surface area contributed by atoms with Gasteiger partial charge < -0.3 is 35.7 Å². The Kier molecular flexibility index (Phi) is 12.8. The number of carbonyl (C=O) groups is 7. The Morgan fingerprint density at radius 3 is 1.07 bits per heavy atom. The first-order chi connectivity index (χ1) is 19.1. The van der Waals surface area contributed by atoms with Gasteiger partial charge in [-0.15, -0.1) is 0 Å². The molecular formula is C28H30O14. The first kappa shape index (κ1) is 36.5. The lowest BCUT2D eigenvalue weighted by atomic mass is 9.58. The van der Waals surface area contributed by atoms with Crippen molar-refractivity contribution < 1.29 is 69.3 Å². The maximum absolute atomic E-state index is 13.0. The van der Waals surface area contributed by atoms with Crippen LogP contribution in [0.3, 0.4) is 0 Å². The van der Waals surface area contributed by atoms with Gasteiger partial charge in [0, 0.05) is 63.2 Å². The number of carboxylic acid groups (broad SMARTS) is 7. The van der Waals surface area contributed by atoms with E-state index in [-0.39, 0.29) is 0 Å². The zero-order chi connectivity index (χ0) is 33.3. The van der Waals surface area contributed by atoms with Crippen LogP contribution in [0, 0.1) is 11.3 Å². The SMILES string of the molecule is C=C(CC(CC(=C)C(=O)O)=C(C(=O)O)C(CC(=C)C(=O)O)(CC(=C)C(=O)O)C(CC(=C)C(=O)O)C(=C)C(=O)O)C(=O)O. The van der Waals surface area contributed by atoms with E-state index in [4.69, 9.17) is 0 Å². The number of rotatable bonds is 20. The van der Waals surface area contributed by atoms with E-state index in [1.165, 1.54) is 0 Å². The normalized spacial score (nSPS) is 11.2. The number of allylic oxidation sites excluding steroid dienone is 1. The second-order valence-electron chi connectivity index (χ2n) is 9.28. The van der Waals surface area contributed by atoms with Crippen LogP contribution >= 0.6 is 0 Å². The number of aliphatic carboxylic acids is 7. The third-order valence-corrected chi connectivity index (χ3v) is 6.30. The van der Waals surface area contributed by atoms with Gasteiger partial charge in [-0.05, 0) is 24.8 Å². The van der Waals surface area contributed by atoms with Gasteiger partial charge in [0.05, 0.1) is 0 Å². The fourth-order valence-corrected chi connectivity index (χ4v) is 4.33.